The third-order valence-corrected chi connectivity index (χ3v) is 3.09. The van der Waals surface area contributed by atoms with Crippen molar-refractivity contribution in [3.05, 3.63) is 29.6 Å². The number of nitrogens with zero attached hydrogens (tertiary/aromatic N) is 1. The Balaban J connectivity index is 1.93. The van der Waals surface area contributed by atoms with Crippen molar-refractivity contribution in [1.29, 1.82) is 0 Å². The van der Waals surface area contributed by atoms with Gasteiger partial charge >= 0.3 is 0 Å². The molecule has 1 fully saturated rings. The maximum Gasteiger partial charge on any atom is 0.254 e. The van der Waals surface area contributed by atoms with Gasteiger partial charge in [0.25, 0.3) is 5.91 Å². The van der Waals surface area contributed by atoms with Crippen molar-refractivity contribution in [2.45, 2.75) is 12.8 Å². The lowest BCUT2D eigenvalue weighted by Gasteiger charge is -2.15. The van der Waals surface area contributed by atoms with Gasteiger partial charge in [-0.2, -0.15) is 0 Å². The smallest absolute Gasteiger partial charge is 0.254 e. The van der Waals surface area contributed by atoms with E-state index in [1.165, 1.54) is 12.1 Å². The van der Waals surface area contributed by atoms with Crippen LogP contribution in [0.15, 0.2) is 18.2 Å². The van der Waals surface area contributed by atoms with Crippen LogP contribution < -0.4 is 11.1 Å². The average molecular weight is 265 g/mol. The van der Waals surface area contributed by atoms with Crippen molar-refractivity contribution in [3.63, 3.8) is 0 Å². The van der Waals surface area contributed by atoms with Gasteiger partial charge in [-0.1, -0.05) is 0 Å². The largest absolute Gasteiger partial charge is 0.399 e. The molecule has 5 nitrogen and oxygen atoms in total. The van der Waals surface area contributed by atoms with Crippen molar-refractivity contribution in [2.75, 3.05) is 25.4 Å². The van der Waals surface area contributed by atoms with Gasteiger partial charge in [-0.25, -0.2) is 4.39 Å². The van der Waals surface area contributed by atoms with Gasteiger partial charge in [-0.05, 0) is 31.0 Å². The third-order valence-electron chi connectivity index (χ3n) is 3.09. The molecule has 0 aliphatic carbocycles. The normalized spacial score (nSPS) is 14.5. The number of anilines is 1. The van der Waals surface area contributed by atoms with Crippen LogP contribution in [0.25, 0.3) is 0 Å². The summed E-state index contributed by atoms with van der Waals surface area (Å²) in [5.74, 6) is -1.42. The molecule has 0 atom stereocenters. The van der Waals surface area contributed by atoms with Gasteiger partial charge < -0.3 is 16.0 Å². The standard InChI is InChI=1S/C13H16FN3O2/c14-11-4-3-9(15)7-10(11)13(19)16-8-12(18)17-5-1-2-6-17/h3-4,7H,1-2,5-6,8,15H2,(H,16,19). The van der Waals surface area contributed by atoms with Crippen LogP contribution in [0.1, 0.15) is 23.2 Å². The molecule has 1 aliphatic heterocycles. The van der Waals surface area contributed by atoms with Crippen molar-refractivity contribution >= 4 is 17.5 Å². The predicted octanol–water partition coefficient (Wildman–Crippen LogP) is 0.760. The van der Waals surface area contributed by atoms with E-state index in [4.69, 9.17) is 5.73 Å². The number of carbonyl (C=O) groups is 2. The molecule has 19 heavy (non-hydrogen) atoms. The minimum atomic E-state index is -0.652. The maximum atomic E-state index is 13.4. The summed E-state index contributed by atoms with van der Waals surface area (Å²) >= 11 is 0. The van der Waals surface area contributed by atoms with Crippen molar-refractivity contribution in [2.24, 2.45) is 0 Å². The van der Waals surface area contributed by atoms with Gasteiger partial charge in [0, 0.05) is 18.8 Å². The number of hydrogen-bond donors (Lipinski definition) is 2. The lowest BCUT2D eigenvalue weighted by molar-refractivity contribution is -0.129. The molecule has 0 saturated carbocycles. The number of nitrogens with one attached hydrogen (secondary N) is 1. The Hall–Kier alpha value is -2.11. The SMILES string of the molecule is Nc1ccc(F)c(C(=O)NCC(=O)N2CCCC2)c1. The van der Waals surface area contributed by atoms with E-state index >= 15 is 0 Å². The average Bonchev–Trinajstić information content (AvgIpc) is 2.92. The minimum absolute atomic E-state index is 0.118. The molecule has 1 heterocycles. The topological polar surface area (TPSA) is 75.4 Å². The predicted molar refractivity (Wildman–Crippen MR) is 69.0 cm³/mol. The van der Waals surface area contributed by atoms with Gasteiger partial charge in [0.05, 0.1) is 12.1 Å². The lowest BCUT2D eigenvalue weighted by Crippen LogP contribution is -2.38. The maximum absolute atomic E-state index is 13.4. The van der Waals surface area contributed by atoms with Crippen molar-refractivity contribution in [3.8, 4) is 0 Å². The van der Waals surface area contributed by atoms with E-state index in [0.717, 1.165) is 32.0 Å². The zero-order valence-corrected chi connectivity index (χ0v) is 10.5. The Bertz CT molecular complexity index is 499. The van der Waals surface area contributed by atoms with E-state index in [1.54, 1.807) is 4.90 Å². The molecule has 1 aliphatic rings. The molecule has 1 aromatic carbocycles. The molecule has 2 rings (SSSR count). The summed E-state index contributed by atoms with van der Waals surface area (Å²) in [6, 6.07) is 3.76. The summed E-state index contributed by atoms with van der Waals surface area (Å²) < 4.78 is 13.4. The van der Waals surface area contributed by atoms with Crippen molar-refractivity contribution < 1.29 is 14.0 Å². The molecule has 102 valence electrons. The Morgan fingerprint density at radius 3 is 2.68 bits per heavy atom. The first-order valence-corrected chi connectivity index (χ1v) is 6.19. The van der Waals surface area contributed by atoms with E-state index in [0.29, 0.717) is 5.69 Å². The molecule has 0 aromatic heterocycles. The molecule has 0 spiro atoms. The van der Waals surface area contributed by atoms with Crippen LogP contribution in [-0.4, -0.2) is 36.3 Å². The summed E-state index contributed by atoms with van der Waals surface area (Å²) in [7, 11) is 0. The molecule has 0 bridgehead atoms. The fourth-order valence-electron chi connectivity index (χ4n) is 2.05. The van der Waals surface area contributed by atoms with Gasteiger partial charge in [0.15, 0.2) is 0 Å². The lowest BCUT2D eigenvalue weighted by atomic mass is 10.2. The number of nitrogens with two attached hydrogens (primary N) is 1. The number of likely N-dealkylation sites (tertiary alicyclic amines) is 1. The van der Waals surface area contributed by atoms with Crippen molar-refractivity contribution in [1.82, 2.24) is 10.2 Å². The molecular weight excluding hydrogens is 249 g/mol. The second-order valence-corrected chi connectivity index (χ2v) is 4.51. The number of carbonyl (C=O) groups excluding carboxylic acids is 2. The van der Waals surface area contributed by atoms with E-state index in [9.17, 15) is 14.0 Å². The first kappa shape index (κ1) is 13.3. The molecule has 6 heteroatoms. The Kier molecular flexibility index (Phi) is 3.99. The number of benzene rings is 1. The highest BCUT2D eigenvalue weighted by molar-refractivity contribution is 5.97. The van der Waals surface area contributed by atoms with Crippen LogP contribution in [0.4, 0.5) is 10.1 Å². The number of hydrogen-bond acceptors (Lipinski definition) is 3. The minimum Gasteiger partial charge on any atom is -0.399 e. The summed E-state index contributed by atoms with van der Waals surface area (Å²) in [5.41, 5.74) is 5.66. The zero-order valence-electron chi connectivity index (χ0n) is 10.5. The molecule has 1 saturated heterocycles. The van der Waals surface area contributed by atoms with E-state index in [-0.39, 0.29) is 18.0 Å². The number of nitrogen functional groups attached to an aromatic ring is 1. The van der Waals surface area contributed by atoms with Crippen LogP contribution in [0.3, 0.4) is 0 Å². The quantitative estimate of drug-likeness (QED) is 0.792. The highest BCUT2D eigenvalue weighted by Crippen LogP contribution is 2.12. The van der Waals surface area contributed by atoms with Gasteiger partial charge in [-0.15, -0.1) is 0 Å². The molecule has 3 N–H and O–H groups in total. The first-order chi connectivity index (χ1) is 9.08. The Labute approximate surface area is 110 Å². The first-order valence-electron chi connectivity index (χ1n) is 6.19. The fourth-order valence-corrected chi connectivity index (χ4v) is 2.05. The Morgan fingerprint density at radius 2 is 2.00 bits per heavy atom. The summed E-state index contributed by atoms with van der Waals surface area (Å²) in [6.07, 6.45) is 1.98. The second-order valence-electron chi connectivity index (χ2n) is 4.51. The highest BCUT2D eigenvalue weighted by Gasteiger charge is 2.19. The monoisotopic (exact) mass is 265 g/mol. The van der Waals surface area contributed by atoms with Crippen LogP contribution in [-0.2, 0) is 4.79 Å². The Morgan fingerprint density at radius 1 is 1.32 bits per heavy atom. The van der Waals surface area contributed by atoms with Crippen LogP contribution in [0.5, 0.6) is 0 Å². The van der Waals surface area contributed by atoms with Crippen LogP contribution in [0, 0.1) is 5.82 Å². The third kappa shape index (κ3) is 3.21. The molecule has 0 unspecified atom stereocenters. The van der Waals surface area contributed by atoms with Crippen LogP contribution >= 0.6 is 0 Å². The van der Waals surface area contributed by atoms with E-state index in [2.05, 4.69) is 5.32 Å². The molecular formula is C13H16FN3O2. The van der Waals surface area contributed by atoms with E-state index in [1.807, 2.05) is 0 Å². The molecule has 1 aromatic rings. The van der Waals surface area contributed by atoms with E-state index < -0.39 is 11.7 Å². The van der Waals surface area contributed by atoms with Gasteiger partial charge in [-0.3, -0.25) is 9.59 Å². The zero-order chi connectivity index (χ0) is 13.8. The number of rotatable bonds is 3. The summed E-state index contributed by atoms with van der Waals surface area (Å²) in [4.78, 5) is 25.2. The second kappa shape index (κ2) is 5.69. The molecule has 0 radical (unpaired) electrons. The van der Waals surface area contributed by atoms with Gasteiger partial charge in [0.2, 0.25) is 5.91 Å². The summed E-state index contributed by atoms with van der Waals surface area (Å²) in [5, 5.41) is 2.42. The highest BCUT2D eigenvalue weighted by atomic mass is 19.1. The van der Waals surface area contributed by atoms with Gasteiger partial charge in [0.1, 0.15) is 5.82 Å². The molecule has 2 amide bonds. The summed E-state index contributed by atoms with van der Waals surface area (Å²) in [6.45, 7) is 1.33. The number of amides is 2. The van der Waals surface area contributed by atoms with Crippen LogP contribution in [0.2, 0.25) is 0 Å². The fraction of sp³-hybridized carbons (Fsp3) is 0.385. The number of halogens is 1.